The lowest BCUT2D eigenvalue weighted by atomic mass is 9.96. The quantitative estimate of drug-likeness (QED) is 0.384. The first-order valence-electron chi connectivity index (χ1n) is 9.49. The summed E-state index contributed by atoms with van der Waals surface area (Å²) >= 11 is 3.58. The molecule has 1 atom stereocenters. The van der Waals surface area contributed by atoms with E-state index >= 15 is 0 Å². The van der Waals surface area contributed by atoms with Gasteiger partial charge in [-0.1, -0.05) is 53.8 Å². The second-order valence-electron chi connectivity index (χ2n) is 6.76. The molecule has 1 aliphatic rings. The summed E-state index contributed by atoms with van der Waals surface area (Å²) in [5.74, 6) is -0.445. The minimum Gasteiger partial charge on any atom is -0.463 e. The summed E-state index contributed by atoms with van der Waals surface area (Å²) in [4.78, 5) is 31.4. The van der Waals surface area contributed by atoms with Gasteiger partial charge in [-0.05, 0) is 65.8 Å². The van der Waals surface area contributed by atoms with E-state index in [9.17, 15) is 9.59 Å². The Labute approximate surface area is 191 Å². The second-order valence-corrected chi connectivity index (χ2v) is 9.02. The van der Waals surface area contributed by atoms with E-state index in [1.807, 2.05) is 60.7 Å². The zero-order valence-electron chi connectivity index (χ0n) is 16.5. The third-order valence-corrected chi connectivity index (χ3v) is 6.50. The monoisotopic (exact) mass is 530 g/mol. The minimum absolute atomic E-state index is 0.166. The highest BCUT2D eigenvalue weighted by atomic mass is 127. The number of thiazole rings is 1. The van der Waals surface area contributed by atoms with Gasteiger partial charge in [0.2, 0.25) is 0 Å². The second kappa shape index (κ2) is 8.69. The number of fused-ring (bicyclic) bond motifs is 1. The van der Waals surface area contributed by atoms with Gasteiger partial charge in [-0.3, -0.25) is 9.36 Å². The Bertz CT molecular complexity index is 1310. The van der Waals surface area contributed by atoms with Crippen LogP contribution in [0, 0.1) is 3.57 Å². The van der Waals surface area contributed by atoms with Gasteiger partial charge < -0.3 is 4.74 Å². The number of benzene rings is 2. The predicted molar refractivity (Wildman–Crippen MR) is 126 cm³/mol. The van der Waals surface area contributed by atoms with Crippen LogP contribution in [-0.2, 0) is 9.53 Å². The molecule has 0 fully saturated rings. The van der Waals surface area contributed by atoms with Crippen molar-refractivity contribution >= 4 is 46.0 Å². The van der Waals surface area contributed by atoms with Gasteiger partial charge in [-0.15, -0.1) is 0 Å². The first-order chi connectivity index (χ1) is 14.5. The van der Waals surface area contributed by atoms with E-state index in [2.05, 4.69) is 27.6 Å². The Morgan fingerprint density at radius 1 is 1.20 bits per heavy atom. The van der Waals surface area contributed by atoms with Gasteiger partial charge in [-0.25, -0.2) is 9.79 Å². The smallest absolute Gasteiger partial charge is 0.338 e. The van der Waals surface area contributed by atoms with Crippen LogP contribution in [0.3, 0.4) is 0 Å². The molecular weight excluding hydrogens is 511 g/mol. The number of nitrogens with zero attached hydrogens (tertiary/aromatic N) is 2. The van der Waals surface area contributed by atoms with Crippen LogP contribution in [0.2, 0.25) is 0 Å². The number of ether oxygens (including phenoxy) is 1. The summed E-state index contributed by atoms with van der Waals surface area (Å²) < 4.78 is 8.61. The van der Waals surface area contributed by atoms with Crippen molar-refractivity contribution in [1.29, 1.82) is 0 Å². The number of hydrogen-bond acceptors (Lipinski definition) is 5. The van der Waals surface area contributed by atoms with Gasteiger partial charge in [0.15, 0.2) is 4.80 Å². The van der Waals surface area contributed by atoms with Gasteiger partial charge in [0.25, 0.3) is 5.56 Å². The van der Waals surface area contributed by atoms with Crippen LogP contribution in [-0.4, -0.2) is 17.1 Å². The molecule has 5 nitrogen and oxygen atoms in total. The number of allylic oxidation sites excluding steroid dienone is 1. The maximum absolute atomic E-state index is 13.4. The molecule has 4 rings (SSSR count). The molecule has 152 valence electrons. The fourth-order valence-electron chi connectivity index (χ4n) is 3.45. The zero-order valence-corrected chi connectivity index (χ0v) is 19.4. The molecule has 30 heavy (non-hydrogen) atoms. The molecular formula is C23H19IN2O3S. The van der Waals surface area contributed by atoms with Crippen molar-refractivity contribution in [2.45, 2.75) is 19.9 Å². The molecule has 0 aliphatic carbocycles. The Morgan fingerprint density at radius 2 is 1.90 bits per heavy atom. The molecule has 0 bridgehead atoms. The fraction of sp³-hybridized carbons (Fsp3) is 0.174. The molecule has 0 N–H and O–H groups in total. The molecule has 2 aromatic carbocycles. The van der Waals surface area contributed by atoms with Gasteiger partial charge in [0.05, 0.1) is 28.5 Å². The average molecular weight is 530 g/mol. The summed E-state index contributed by atoms with van der Waals surface area (Å²) in [6, 6.07) is 16.9. The van der Waals surface area contributed by atoms with Crippen LogP contribution in [0.5, 0.6) is 0 Å². The molecule has 0 spiro atoms. The maximum atomic E-state index is 13.4. The van der Waals surface area contributed by atoms with Crippen LogP contribution >= 0.6 is 33.9 Å². The van der Waals surface area contributed by atoms with Crippen molar-refractivity contribution in [2.75, 3.05) is 6.61 Å². The highest BCUT2D eigenvalue weighted by Crippen LogP contribution is 2.30. The van der Waals surface area contributed by atoms with E-state index in [4.69, 9.17) is 4.74 Å². The van der Waals surface area contributed by atoms with Crippen LogP contribution in [0.15, 0.2) is 75.7 Å². The molecule has 3 aromatic rings. The predicted octanol–water partition coefficient (Wildman–Crippen LogP) is 3.40. The number of hydrogen-bond donors (Lipinski definition) is 0. The Kier molecular flexibility index (Phi) is 6.01. The normalized spacial score (nSPS) is 16.2. The van der Waals surface area contributed by atoms with Crippen molar-refractivity contribution < 1.29 is 9.53 Å². The van der Waals surface area contributed by atoms with Crippen molar-refractivity contribution in [3.8, 4) is 0 Å². The molecule has 7 heteroatoms. The van der Waals surface area contributed by atoms with Crippen LogP contribution < -0.4 is 14.9 Å². The number of halogens is 1. The first kappa shape index (κ1) is 20.7. The van der Waals surface area contributed by atoms with Gasteiger partial charge >= 0.3 is 5.97 Å². The summed E-state index contributed by atoms with van der Waals surface area (Å²) in [5, 5.41) is 0. The number of aromatic nitrogens is 1. The highest BCUT2D eigenvalue weighted by Gasteiger charge is 2.33. The molecule has 1 aromatic heterocycles. The molecule has 0 amide bonds. The molecule has 2 heterocycles. The van der Waals surface area contributed by atoms with E-state index in [0.29, 0.717) is 20.6 Å². The lowest BCUT2D eigenvalue weighted by Crippen LogP contribution is -2.39. The van der Waals surface area contributed by atoms with Crippen molar-refractivity contribution in [1.82, 2.24) is 4.57 Å². The lowest BCUT2D eigenvalue weighted by Gasteiger charge is -2.24. The third kappa shape index (κ3) is 3.91. The van der Waals surface area contributed by atoms with Crippen molar-refractivity contribution in [3.05, 3.63) is 100 Å². The van der Waals surface area contributed by atoms with E-state index in [1.165, 1.54) is 11.3 Å². The van der Waals surface area contributed by atoms with Crippen LogP contribution in [0.4, 0.5) is 0 Å². The number of esters is 1. The van der Waals surface area contributed by atoms with E-state index in [0.717, 1.165) is 14.7 Å². The Hall–Kier alpha value is -2.52. The van der Waals surface area contributed by atoms with Gasteiger partial charge in [0.1, 0.15) is 0 Å². The molecule has 1 aliphatic heterocycles. The molecule has 1 unspecified atom stereocenters. The molecule has 0 radical (unpaired) electrons. The summed E-state index contributed by atoms with van der Waals surface area (Å²) in [6.45, 7) is 3.81. The SMILES string of the molecule is CCOC(=O)C1=C(C)N=c2s/c(=C/c3ccc(I)cc3)c(=O)n2C1c1ccccc1. The largest absolute Gasteiger partial charge is 0.463 e. The first-order valence-corrected chi connectivity index (χ1v) is 11.4. The standard InChI is InChI=1S/C23H19IN2O3S/c1-3-29-22(28)19-14(2)25-23-26(20(19)16-7-5-4-6-8-16)21(27)18(30-23)13-15-9-11-17(24)12-10-15/h4-13,20H,3H2,1-2H3/b18-13+. The van der Waals surface area contributed by atoms with Crippen LogP contribution in [0.1, 0.15) is 31.0 Å². The average Bonchev–Trinajstić information content (AvgIpc) is 3.04. The highest BCUT2D eigenvalue weighted by molar-refractivity contribution is 14.1. The fourth-order valence-corrected chi connectivity index (χ4v) is 4.86. The summed E-state index contributed by atoms with van der Waals surface area (Å²) in [7, 11) is 0. The summed E-state index contributed by atoms with van der Waals surface area (Å²) in [6.07, 6.45) is 1.87. The van der Waals surface area contributed by atoms with Gasteiger partial charge in [0, 0.05) is 3.57 Å². The summed E-state index contributed by atoms with van der Waals surface area (Å²) in [5.41, 5.74) is 2.59. The van der Waals surface area contributed by atoms with E-state index in [1.54, 1.807) is 18.4 Å². The van der Waals surface area contributed by atoms with Gasteiger partial charge in [-0.2, -0.15) is 0 Å². The lowest BCUT2D eigenvalue weighted by molar-refractivity contribution is -0.139. The topological polar surface area (TPSA) is 60.7 Å². The van der Waals surface area contributed by atoms with Crippen molar-refractivity contribution in [3.63, 3.8) is 0 Å². The Morgan fingerprint density at radius 3 is 2.57 bits per heavy atom. The number of carbonyl (C=O) groups excluding carboxylic acids is 1. The molecule has 0 saturated carbocycles. The maximum Gasteiger partial charge on any atom is 0.338 e. The third-order valence-electron chi connectivity index (χ3n) is 4.80. The zero-order chi connectivity index (χ0) is 21.3. The van der Waals surface area contributed by atoms with Crippen molar-refractivity contribution in [2.24, 2.45) is 4.99 Å². The van der Waals surface area contributed by atoms with E-state index < -0.39 is 12.0 Å². The minimum atomic E-state index is -0.569. The number of rotatable bonds is 4. The van der Waals surface area contributed by atoms with E-state index in [-0.39, 0.29) is 12.2 Å². The van der Waals surface area contributed by atoms with Crippen LogP contribution in [0.25, 0.3) is 6.08 Å². The number of carbonyl (C=O) groups is 1. The Balaban J connectivity index is 1.94. The molecule has 0 saturated heterocycles.